The Balaban J connectivity index is -0.00000133. The van der Waals surface area contributed by atoms with Crippen molar-refractivity contribution in [3.8, 4) is 0 Å². The fourth-order valence-corrected chi connectivity index (χ4v) is 1.73. The van der Waals surface area contributed by atoms with Gasteiger partial charge >= 0.3 is 5.97 Å². The van der Waals surface area contributed by atoms with E-state index in [4.69, 9.17) is 19.3 Å². The van der Waals surface area contributed by atoms with E-state index in [9.17, 15) is 4.79 Å². The molecule has 0 heterocycles. The molecule has 0 saturated heterocycles. The van der Waals surface area contributed by atoms with E-state index in [0.717, 1.165) is 6.42 Å². The van der Waals surface area contributed by atoms with Crippen molar-refractivity contribution in [3.05, 3.63) is 85.6 Å². The van der Waals surface area contributed by atoms with Crippen LogP contribution in [0.3, 0.4) is 0 Å². The molecule has 6 heteroatoms. The standard InChI is InChI=1S/C20H28O5.C2H5N.C2H6/c1-6-9-12-23-13-11-18(10-7-2)24-14-17(8-3)20(16(4)5)25-15-19(21)22;1-2-3;1-2/h6-8,10-11H,1,3-4,9,12-15H2,2,5H3,(H,21,22);2H,1,3H2;1-2H3/b10-7-,18-11+,20-17-;;. The highest BCUT2D eigenvalue weighted by molar-refractivity contribution is 5.68. The van der Waals surface area contributed by atoms with Crippen molar-refractivity contribution >= 4 is 5.97 Å². The normalized spacial score (nSPS) is 11.0. The molecular weight excluding hydrogens is 382 g/mol. The van der Waals surface area contributed by atoms with E-state index in [0.29, 0.717) is 35.9 Å². The molecule has 0 radical (unpaired) electrons. The Morgan fingerprint density at radius 2 is 1.73 bits per heavy atom. The molecule has 0 aliphatic carbocycles. The number of ether oxygens (including phenoxy) is 3. The molecule has 3 N–H and O–H groups in total. The molecule has 30 heavy (non-hydrogen) atoms. The van der Waals surface area contributed by atoms with Gasteiger partial charge in [0.2, 0.25) is 0 Å². The Bertz CT molecular complexity index is 601. The lowest BCUT2D eigenvalue weighted by Crippen LogP contribution is -2.10. The third-order valence-electron chi connectivity index (χ3n) is 2.86. The number of aliphatic carboxylic acids is 1. The van der Waals surface area contributed by atoms with E-state index in [1.165, 1.54) is 6.20 Å². The van der Waals surface area contributed by atoms with Crippen LogP contribution >= 0.6 is 0 Å². The van der Waals surface area contributed by atoms with Gasteiger partial charge in [-0.15, -0.1) is 6.58 Å². The molecule has 0 unspecified atom stereocenters. The van der Waals surface area contributed by atoms with Crippen LogP contribution in [0.1, 0.15) is 34.1 Å². The fraction of sp³-hybridized carbons (Fsp3) is 0.375. The lowest BCUT2D eigenvalue weighted by atomic mass is 10.1. The molecule has 0 atom stereocenters. The first-order chi connectivity index (χ1) is 14.4. The van der Waals surface area contributed by atoms with Crippen LogP contribution in [0.15, 0.2) is 85.6 Å². The summed E-state index contributed by atoms with van der Waals surface area (Å²) in [6.07, 6.45) is 10.9. The van der Waals surface area contributed by atoms with Gasteiger partial charge in [-0.05, 0) is 44.2 Å². The largest absolute Gasteiger partial charge is 0.489 e. The first-order valence-electron chi connectivity index (χ1n) is 9.70. The Hall–Kier alpha value is -2.99. The van der Waals surface area contributed by atoms with Crippen LogP contribution in [0, 0.1) is 0 Å². The van der Waals surface area contributed by atoms with Crippen molar-refractivity contribution in [1.82, 2.24) is 0 Å². The van der Waals surface area contributed by atoms with Gasteiger partial charge in [-0.2, -0.15) is 0 Å². The van der Waals surface area contributed by atoms with Gasteiger partial charge in [0.1, 0.15) is 18.1 Å². The first-order valence-corrected chi connectivity index (χ1v) is 9.70. The van der Waals surface area contributed by atoms with Gasteiger partial charge in [0.25, 0.3) is 0 Å². The van der Waals surface area contributed by atoms with Crippen molar-refractivity contribution in [2.24, 2.45) is 5.73 Å². The van der Waals surface area contributed by atoms with E-state index in [1.54, 1.807) is 19.1 Å². The number of nitrogens with two attached hydrogens (primary N) is 1. The topological polar surface area (TPSA) is 91.0 Å². The van der Waals surface area contributed by atoms with Crippen LogP contribution in [0.5, 0.6) is 0 Å². The van der Waals surface area contributed by atoms with Crippen molar-refractivity contribution in [2.75, 3.05) is 26.4 Å². The summed E-state index contributed by atoms with van der Waals surface area (Å²) in [5.41, 5.74) is 5.83. The molecule has 170 valence electrons. The van der Waals surface area contributed by atoms with E-state index in [2.05, 4.69) is 32.0 Å². The zero-order chi connectivity index (χ0) is 23.8. The van der Waals surface area contributed by atoms with E-state index in [1.807, 2.05) is 39.0 Å². The monoisotopic (exact) mass is 421 g/mol. The Kier molecular flexibility index (Phi) is 25.4. The molecule has 0 saturated carbocycles. The summed E-state index contributed by atoms with van der Waals surface area (Å²) < 4.78 is 16.5. The summed E-state index contributed by atoms with van der Waals surface area (Å²) in [4.78, 5) is 10.7. The lowest BCUT2D eigenvalue weighted by Gasteiger charge is -2.14. The van der Waals surface area contributed by atoms with E-state index in [-0.39, 0.29) is 6.61 Å². The van der Waals surface area contributed by atoms with Gasteiger partial charge in [-0.3, -0.25) is 0 Å². The summed E-state index contributed by atoms with van der Waals surface area (Å²) >= 11 is 0. The second-order valence-corrected chi connectivity index (χ2v) is 5.30. The summed E-state index contributed by atoms with van der Waals surface area (Å²) in [5, 5.41) is 8.77. The molecular formula is C24H39NO5. The second-order valence-electron chi connectivity index (χ2n) is 5.30. The summed E-state index contributed by atoms with van der Waals surface area (Å²) in [5.74, 6) is -0.0477. The molecule has 0 fully saturated rings. The number of carboxylic acids is 1. The maximum Gasteiger partial charge on any atom is 0.341 e. The van der Waals surface area contributed by atoms with E-state index < -0.39 is 12.6 Å². The van der Waals surface area contributed by atoms with Crippen LogP contribution in [0.4, 0.5) is 0 Å². The van der Waals surface area contributed by atoms with Gasteiger partial charge < -0.3 is 25.1 Å². The highest BCUT2D eigenvalue weighted by atomic mass is 16.5. The molecule has 0 aliphatic heterocycles. The molecule has 0 rings (SSSR count). The molecule has 6 nitrogen and oxygen atoms in total. The minimum absolute atomic E-state index is 0.175. The lowest BCUT2D eigenvalue weighted by molar-refractivity contribution is -0.140. The molecule has 0 amide bonds. The third-order valence-corrected chi connectivity index (χ3v) is 2.86. The molecule has 0 aromatic carbocycles. The van der Waals surface area contributed by atoms with Crippen LogP contribution < -0.4 is 5.73 Å². The highest BCUT2D eigenvalue weighted by Crippen LogP contribution is 2.17. The summed E-state index contributed by atoms with van der Waals surface area (Å²) in [6.45, 7) is 22.7. The Morgan fingerprint density at radius 3 is 2.17 bits per heavy atom. The molecule has 0 bridgehead atoms. The third kappa shape index (κ3) is 19.8. The van der Waals surface area contributed by atoms with Gasteiger partial charge in [0, 0.05) is 5.57 Å². The number of hydrogen-bond acceptors (Lipinski definition) is 5. The number of carboxylic acid groups (broad SMARTS) is 1. The smallest absolute Gasteiger partial charge is 0.341 e. The van der Waals surface area contributed by atoms with Gasteiger partial charge in [-0.1, -0.05) is 51.8 Å². The van der Waals surface area contributed by atoms with Crippen LogP contribution in [-0.4, -0.2) is 37.5 Å². The maximum atomic E-state index is 10.7. The van der Waals surface area contributed by atoms with Crippen molar-refractivity contribution in [3.63, 3.8) is 0 Å². The summed E-state index contributed by atoms with van der Waals surface area (Å²) in [6, 6.07) is 0. The van der Waals surface area contributed by atoms with Crippen LogP contribution in [0.25, 0.3) is 0 Å². The molecule has 0 spiro atoms. The SMILES string of the molecule is C=CCCOC/C=C(\C=C/C)OC/C(C=C)=C(\OCC(=O)O)C(=C)C.C=CN.CC. The molecule has 0 aliphatic rings. The number of hydrogen-bond donors (Lipinski definition) is 2. The molecule has 0 aromatic rings. The molecule has 0 aromatic heterocycles. The second kappa shape index (κ2) is 24.0. The first kappa shape index (κ1) is 31.7. The zero-order valence-corrected chi connectivity index (χ0v) is 19.0. The number of carbonyl (C=O) groups is 1. The average molecular weight is 422 g/mol. The van der Waals surface area contributed by atoms with Gasteiger partial charge in [0.05, 0.1) is 13.2 Å². The maximum absolute atomic E-state index is 10.7. The minimum Gasteiger partial charge on any atom is -0.489 e. The Labute approximate surface area is 182 Å². The van der Waals surface area contributed by atoms with E-state index >= 15 is 0 Å². The zero-order valence-electron chi connectivity index (χ0n) is 19.0. The number of rotatable bonds is 14. The van der Waals surface area contributed by atoms with Gasteiger partial charge in [-0.25, -0.2) is 4.79 Å². The van der Waals surface area contributed by atoms with Crippen LogP contribution in [-0.2, 0) is 19.0 Å². The van der Waals surface area contributed by atoms with Crippen LogP contribution in [0.2, 0.25) is 0 Å². The number of allylic oxidation sites excluding steroid dienone is 3. The fourth-order valence-electron chi connectivity index (χ4n) is 1.73. The quantitative estimate of drug-likeness (QED) is 0.171. The highest BCUT2D eigenvalue weighted by Gasteiger charge is 2.10. The van der Waals surface area contributed by atoms with Crippen molar-refractivity contribution < 1.29 is 24.1 Å². The minimum atomic E-state index is -1.06. The predicted octanol–water partition coefficient (Wildman–Crippen LogP) is 5.29. The van der Waals surface area contributed by atoms with Gasteiger partial charge in [0.15, 0.2) is 6.61 Å². The van der Waals surface area contributed by atoms with Crippen molar-refractivity contribution in [2.45, 2.75) is 34.1 Å². The average Bonchev–Trinajstić information content (AvgIpc) is 2.71. The predicted molar refractivity (Wildman–Crippen MR) is 126 cm³/mol. The Morgan fingerprint density at radius 1 is 1.13 bits per heavy atom. The summed E-state index contributed by atoms with van der Waals surface area (Å²) in [7, 11) is 0. The van der Waals surface area contributed by atoms with Crippen molar-refractivity contribution in [1.29, 1.82) is 0 Å².